The van der Waals surface area contributed by atoms with Crippen molar-refractivity contribution in [1.29, 1.82) is 0 Å². The highest BCUT2D eigenvalue weighted by Crippen LogP contribution is 2.37. The molecule has 26 heavy (non-hydrogen) atoms. The molecule has 1 heterocycles. The fraction of sp³-hybridized carbons (Fsp3) is 0.350. The predicted molar refractivity (Wildman–Crippen MR) is 114 cm³/mol. The number of carbonyl (C=O) groups is 1. The largest absolute Gasteiger partial charge is 0.361 e. The van der Waals surface area contributed by atoms with Crippen molar-refractivity contribution in [2.75, 3.05) is 23.6 Å². The van der Waals surface area contributed by atoms with Gasteiger partial charge >= 0.3 is 0 Å². The van der Waals surface area contributed by atoms with Crippen LogP contribution in [0.1, 0.15) is 15.9 Å². The summed E-state index contributed by atoms with van der Waals surface area (Å²) in [5.74, 6) is -0.0499. The summed E-state index contributed by atoms with van der Waals surface area (Å²) in [6.07, 6.45) is 0. The Morgan fingerprint density at radius 1 is 1.12 bits per heavy atom. The molecule has 1 aliphatic heterocycles. The standard InChI is InChI=1S/C20H25BrN2O2Si/c1-14-5-7-18-19(11-14)23(13-25-9-10-26(2,3)4)20(24)16-12-15(21)6-8-17(16)22-18/h5-8,11-12,22H,9-10,13H2,1-4H3. The Hall–Kier alpha value is -1.63. The minimum Gasteiger partial charge on any atom is -0.361 e. The average Bonchev–Trinajstić information content (AvgIpc) is 2.66. The van der Waals surface area contributed by atoms with Crippen LogP contribution in [-0.4, -0.2) is 27.3 Å². The van der Waals surface area contributed by atoms with Crippen LogP contribution in [0.25, 0.3) is 0 Å². The van der Waals surface area contributed by atoms with E-state index in [-0.39, 0.29) is 12.6 Å². The maximum Gasteiger partial charge on any atom is 0.262 e. The van der Waals surface area contributed by atoms with E-state index in [0.29, 0.717) is 12.2 Å². The van der Waals surface area contributed by atoms with Crippen LogP contribution in [0.2, 0.25) is 25.7 Å². The highest BCUT2D eigenvalue weighted by molar-refractivity contribution is 9.10. The van der Waals surface area contributed by atoms with Crippen LogP contribution < -0.4 is 10.2 Å². The molecule has 0 aromatic heterocycles. The molecule has 1 amide bonds. The minimum atomic E-state index is -1.16. The van der Waals surface area contributed by atoms with Gasteiger partial charge in [-0.2, -0.15) is 0 Å². The topological polar surface area (TPSA) is 41.6 Å². The van der Waals surface area contributed by atoms with Gasteiger partial charge < -0.3 is 10.1 Å². The van der Waals surface area contributed by atoms with Gasteiger partial charge in [-0.25, -0.2) is 0 Å². The molecule has 0 aliphatic carbocycles. The smallest absolute Gasteiger partial charge is 0.262 e. The number of hydrogen-bond donors (Lipinski definition) is 1. The molecule has 0 bridgehead atoms. The minimum absolute atomic E-state index is 0.0499. The fourth-order valence-corrected chi connectivity index (χ4v) is 3.95. The van der Waals surface area contributed by atoms with Crippen LogP contribution in [0.15, 0.2) is 40.9 Å². The first-order chi connectivity index (χ1) is 12.2. The summed E-state index contributed by atoms with van der Waals surface area (Å²) < 4.78 is 6.80. The summed E-state index contributed by atoms with van der Waals surface area (Å²) in [4.78, 5) is 15.0. The Kier molecular flexibility index (Phi) is 5.55. The van der Waals surface area contributed by atoms with E-state index in [2.05, 4.69) is 40.9 Å². The van der Waals surface area contributed by atoms with Crippen molar-refractivity contribution >= 4 is 47.0 Å². The molecule has 0 unspecified atom stereocenters. The number of amides is 1. The molecule has 3 rings (SSSR count). The van der Waals surface area contributed by atoms with Crippen molar-refractivity contribution in [1.82, 2.24) is 0 Å². The molecular formula is C20H25BrN2O2Si. The number of rotatable bonds is 5. The van der Waals surface area contributed by atoms with E-state index >= 15 is 0 Å². The highest BCUT2D eigenvalue weighted by Gasteiger charge is 2.27. The van der Waals surface area contributed by atoms with E-state index < -0.39 is 8.07 Å². The van der Waals surface area contributed by atoms with Gasteiger partial charge in [0.05, 0.1) is 22.6 Å². The maximum atomic E-state index is 13.2. The Labute approximate surface area is 164 Å². The van der Waals surface area contributed by atoms with E-state index in [4.69, 9.17) is 4.74 Å². The fourth-order valence-electron chi connectivity index (χ4n) is 2.84. The van der Waals surface area contributed by atoms with Gasteiger partial charge in [-0.3, -0.25) is 9.69 Å². The maximum absolute atomic E-state index is 13.2. The summed E-state index contributed by atoms with van der Waals surface area (Å²) in [7, 11) is -1.16. The highest BCUT2D eigenvalue weighted by atomic mass is 79.9. The van der Waals surface area contributed by atoms with E-state index in [9.17, 15) is 4.79 Å². The van der Waals surface area contributed by atoms with Crippen LogP contribution in [0, 0.1) is 6.92 Å². The van der Waals surface area contributed by atoms with Crippen molar-refractivity contribution in [2.45, 2.75) is 32.6 Å². The van der Waals surface area contributed by atoms with Gasteiger partial charge in [-0.05, 0) is 48.9 Å². The second-order valence-electron chi connectivity index (χ2n) is 7.92. The zero-order valence-corrected chi connectivity index (χ0v) is 18.3. The summed E-state index contributed by atoms with van der Waals surface area (Å²) in [6, 6.07) is 12.9. The van der Waals surface area contributed by atoms with Crippen LogP contribution in [0.5, 0.6) is 0 Å². The molecule has 0 saturated carbocycles. The Morgan fingerprint density at radius 3 is 2.58 bits per heavy atom. The molecule has 2 aromatic rings. The first-order valence-corrected chi connectivity index (χ1v) is 13.3. The van der Waals surface area contributed by atoms with Gasteiger partial charge in [0.2, 0.25) is 0 Å². The van der Waals surface area contributed by atoms with Gasteiger partial charge in [0.1, 0.15) is 6.73 Å². The number of fused-ring (bicyclic) bond motifs is 2. The lowest BCUT2D eigenvalue weighted by Crippen LogP contribution is -2.33. The van der Waals surface area contributed by atoms with Gasteiger partial charge in [0.25, 0.3) is 5.91 Å². The van der Waals surface area contributed by atoms with Gasteiger partial charge in [0.15, 0.2) is 0 Å². The van der Waals surface area contributed by atoms with Crippen molar-refractivity contribution < 1.29 is 9.53 Å². The molecule has 0 spiro atoms. The lowest BCUT2D eigenvalue weighted by atomic mass is 10.1. The number of benzene rings is 2. The monoisotopic (exact) mass is 432 g/mol. The number of carbonyl (C=O) groups excluding carboxylic acids is 1. The summed E-state index contributed by atoms with van der Waals surface area (Å²) >= 11 is 3.47. The quantitative estimate of drug-likeness (QED) is 0.481. The van der Waals surface area contributed by atoms with Gasteiger partial charge in [-0.1, -0.05) is 41.6 Å². The molecule has 138 valence electrons. The van der Waals surface area contributed by atoms with Crippen LogP contribution in [0.4, 0.5) is 17.1 Å². The van der Waals surface area contributed by atoms with Crippen LogP contribution in [0.3, 0.4) is 0 Å². The third kappa shape index (κ3) is 4.37. The average molecular weight is 433 g/mol. The first-order valence-electron chi connectivity index (χ1n) is 8.81. The predicted octanol–water partition coefficient (Wildman–Crippen LogP) is 5.77. The van der Waals surface area contributed by atoms with Crippen molar-refractivity contribution in [3.05, 3.63) is 52.0 Å². The van der Waals surface area contributed by atoms with Gasteiger partial charge in [0, 0.05) is 19.2 Å². The zero-order valence-electron chi connectivity index (χ0n) is 15.7. The second kappa shape index (κ2) is 7.54. The normalized spacial score (nSPS) is 13.7. The molecular weight excluding hydrogens is 408 g/mol. The Balaban J connectivity index is 1.92. The molecule has 1 aliphatic rings. The molecule has 0 atom stereocenters. The third-order valence-electron chi connectivity index (χ3n) is 4.39. The summed E-state index contributed by atoms with van der Waals surface area (Å²) in [5.41, 5.74) is 4.33. The number of hydrogen-bond acceptors (Lipinski definition) is 3. The van der Waals surface area contributed by atoms with E-state index in [1.54, 1.807) is 4.90 Å². The number of halogens is 1. The lowest BCUT2D eigenvalue weighted by Gasteiger charge is -2.24. The number of aryl methyl sites for hydroxylation is 1. The summed E-state index contributed by atoms with van der Waals surface area (Å²) in [5, 5.41) is 3.40. The SMILES string of the molecule is Cc1ccc2c(c1)N(COCC[Si](C)(C)C)C(=O)c1cc(Br)ccc1N2. The van der Waals surface area contributed by atoms with Crippen molar-refractivity contribution in [2.24, 2.45) is 0 Å². The third-order valence-corrected chi connectivity index (χ3v) is 6.58. The first kappa shape index (κ1) is 19.1. The molecule has 0 fully saturated rings. The molecule has 6 heteroatoms. The van der Waals surface area contributed by atoms with Crippen LogP contribution >= 0.6 is 15.9 Å². The van der Waals surface area contributed by atoms with Crippen LogP contribution in [-0.2, 0) is 4.74 Å². The van der Waals surface area contributed by atoms with E-state index in [1.807, 2.05) is 43.3 Å². The number of nitrogens with zero attached hydrogens (tertiary/aromatic N) is 1. The molecule has 0 radical (unpaired) electrons. The number of nitrogens with one attached hydrogen (secondary N) is 1. The number of anilines is 3. The lowest BCUT2D eigenvalue weighted by molar-refractivity contribution is 0.0902. The molecule has 0 saturated heterocycles. The zero-order chi connectivity index (χ0) is 18.9. The van der Waals surface area contributed by atoms with Crippen molar-refractivity contribution in [3.63, 3.8) is 0 Å². The summed E-state index contributed by atoms with van der Waals surface area (Å²) in [6.45, 7) is 9.94. The van der Waals surface area contributed by atoms with E-state index in [1.165, 1.54) is 0 Å². The molecule has 2 aromatic carbocycles. The van der Waals surface area contributed by atoms with E-state index in [0.717, 1.165) is 33.1 Å². The molecule has 1 N–H and O–H groups in total. The van der Waals surface area contributed by atoms with Crippen molar-refractivity contribution in [3.8, 4) is 0 Å². The Morgan fingerprint density at radius 2 is 1.85 bits per heavy atom. The molecule has 4 nitrogen and oxygen atoms in total. The van der Waals surface area contributed by atoms with Gasteiger partial charge in [-0.15, -0.1) is 0 Å². The Bertz CT molecular complexity index is 833. The number of ether oxygens (including phenoxy) is 1. The second-order valence-corrected chi connectivity index (χ2v) is 14.5.